The Morgan fingerprint density at radius 1 is 0.815 bits per heavy atom. The smallest absolute Gasteiger partial charge is 0.134 e. The summed E-state index contributed by atoms with van der Waals surface area (Å²) in [4.78, 5) is 0. The van der Waals surface area contributed by atoms with E-state index >= 15 is 0 Å². The van der Waals surface area contributed by atoms with Crippen molar-refractivity contribution in [3.8, 4) is 11.3 Å². The summed E-state index contributed by atoms with van der Waals surface area (Å²) in [5.41, 5.74) is 7.93. The fraction of sp³-hybridized carbons (Fsp3) is 0.154. The molecule has 0 amide bonds. The van der Waals surface area contributed by atoms with Gasteiger partial charge in [0.1, 0.15) is 11.5 Å². The highest BCUT2D eigenvalue weighted by Gasteiger charge is 2.25. The molecule has 0 N–H and O–H groups in total. The van der Waals surface area contributed by atoms with Crippen molar-refractivity contribution in [3.05, 3.63) is 100 Å². The number of rotatable bonds is 2. The van der Waals surface area contributed by atoms with E-state index < -0.39 is 0 Å². The third-order valence-corrected chi connectivity index (χ3v) is 5.79. The van der Waals surface area contributed by atoms with E-state index in [9.17, 15) is 0 Å². The Hall–Kier alpha value is -3.06. The van der Waals surface area contributed by atoms with Gasteiger partial charge in [0.25, 0.3) is 0 Å². The SMILES string of the molecule is Cc1ccc(-c2ccc3ccccc3c2C2C=Cc3cc(C)c(C)cc32)o1. The highest BCUT2D eigenvalue weighted by molar-refractivity contribution is 5.93. The molecular formula is C26H22O. The highest BCUT2D eigenvalue weighted by Crippen LogP contribution is 2.44. The number of furan rings is 1. The van der Waals surface area contributed by atoms with Gasteiger partial charge in [-0.25, -0.2) is 0 Å². The maximum atomic E-state index is 6.03. The number of aryl methyl sites for hydroxylation is 3. The normalized spacial score (nSPS) is 15.4. The second kappa shape index (κ2) is 5.99. The van der Waals surface area contributed by atoms with E-state index in [-0.39, 0.29) is 5.92 Å². The second-order valence-corrected chi connectivity index (χ2v) is 7.56. The summed E-state index contributed by atoms with van der Waals surface area (Å²) >= 11 is 0. The average Bonchev–Trinajstić information content (AvgIpc) is 3.27. The van der Waals surface area contributed by atoms with Crippen LogP contribution in [0.3, 0.4) is 0 Å². The maximum Gasteiger partial charge on any atom is 0.134 e. The predicted molar refractivity (Wildman–Crippen MR) is 113 cm³/mol. The van der Waals surface area contributed by atoms with Gasteiger partial charge < -0.3 is 4.42 Å². The van der Waals surface area contributed by atoms with Gasteiger partial charge in [0.15, 0.2) is 0 Å². The Labute approximate surface area is 160 Å². The van der Waals surface area contributed by atoms with Crippen LogP contribution >= 0.6 is 0 Å². The van der Waals surface area contributed by atoms with Crippen molar-refractivity contribution in [1.82, 2.24) is 0 Å². The van der Waals surface area contributed by atoms with Crippen LogP contribution in [0.1, 0.15) is 39.5 Å². The van der Waals surface area contributed by atoms with Crippen LogP contribution in [0.15, 0.2) is 71.2 Å². The molecule has 1 aliphatic rings. The Morgan fingerprint density at radius 3 is 2.44 bits per heavy atom. The van der Waals surface area contributed by atoms with Crippen molar-refractivity contribution in [3.63, 3.8) is 0 Å². The summed E-state index contributed by atoms with van der Waals surface area (Å²) in [5.74, 6) is 2.13. The lowest BCUT2D eigenvalue weighted by atomic mass is 9.84. The van der Waals surface area contributed by atoms with E-state index in [1.54, 1.807) is 0 Å². The zero-order valence-corrected chi connectivity index (χ0v) is 15.9. The van der Waals surface area contributed by atoms with Crippen molar-refractivity contribution in [2.24, 2.45) is 0 Å². The van der Waals surface area contributed by atoms with E-state index in [1.165, 1.54) is 44.2 Å². The monoisotopic (exact) mass is 350 g/mol. The van der Waals surface area contributed by atoms with E-state index in [2.05, 4.69) is 80.6 Å². The lowest BCUT2D eigenvalue weighted by Gasteiger charge is -2.19. The topological polar surface area (TPSA) is 13.1 Å². The summed E-state index contributed by atoms with van der Waals surface area (Å²) in [7, 11) is 0. The molecular weight excluding hydrogens is 328 g/mol. The molecule has 0 saturated carbocycles. The summed E-state index contributed by atoms with van der Waals surface area (Å²) in [6, 6.07) is 21.9. The van der Waals surface area contributed by atoms with Gasteiger partial charge in [0.2, 0.25) is 0 Å². The molecule has 0 aliphatic heterocycles. The van der Waals surface area contributed by atoms with Gasteiger partial charge >= 0.3 is 0 Å². The van der Waals surface area contributed by atoms with Crippen LogP contribution < -0.4 is 0 Å². The molecule has 0 spiro atoms. The molecule has 1 unspecified atom stereocenters. The first-order chi connectivity index (χ1) is 13.1. The van der Waals surface area contributed by atoms with Crippen LogP contribution in [0.5, 0.6) is 0 Å². The van der Waals surface area contributed by atoms with Gasteiger partial charge in [-0.05, 0) is 71.5 Å². The highest BCUT2D eigenvalue weighted by atomic mass is 16.3. The summed E-state index contributed by atoms with van der Waals surface area (Å²) < 4.78 is 6.03. The molecule has 1 heterocycles. The fourth-order valence-electron chi connectivity index (χ4n) is 4.25. The molecule has 4 aromatic rings. The lowest BCUT2D eigenvalue weighted by molar-refractivity contribution is 0.548. The number of hydrogen-bond donors (Lipinski definition) is 0. The van der Waals surface area contributed by atoms with Crippen molar-refractivity contribution in [1.29, 1.82) is 0 Å². The van der Waals surface area contributed by atoms with Crippen molar-refractivity contribution in [2.45, 2.75) is 26.7 Å². The lowest BCUT2D eigenvalue weighted by Crippen LogP contribution is -2.01. The molecule has 1 aromatic heterocycles. The van der Waals surface area contributed by atoms with Crippen LogP contribution in [0.25, 0.3) is 28.2 Å². The van der Waals surface area contributed by atoms with Crippen LogP contribution in [0, 0.1) is 20.8 Å². The van der Waals surface area contributed by atoms with Gasteiger partial charge in [-0.3, -0.25) is 0 Å². The standard InChI is InChI=1S/C26H22O/c1-16-14-20-10-11-22(24(20)15-17(16)2)26-21-7-5-4-6-19(21)9-12-23(26)25-13-8-18(3)27-25/h4-15,22H,1-3H3. The largest absolute Gasteiger partial charge is 0.461 e. The molecule has 0 saturated heterocycles. The number of fused-ring (bicyclic) bond motifs is 2. The van der Waals surface area contributed by atoms with E-state index in [0.717, 1.165) is 11.5 Å². The first-order valence-electron chi connectivity index (χ1n) is 9.49. The first kappa shape index (κ1) is 16.1. The molecule has 1 aliphatic carbocycles. The molecule has 3 aromatic carbocycles. The van der Waals surface area contributed by atoms with E-state index in [0.29, 0.717) is 0 Å². The average molecular weight is 350 g/mol. The molecule has 0 bridgehead atoms. The Kier molecular flexibility index (Phi) is 3.58. The predicted octanol–water partition coefficient (Wildman–Crippen LogP) is 7.18. The molecule has 5 rings (SSSR count). The van der Waals surface area contributed by atoms with Crippen molar-refractivity contribution >= 4 is 16.8 Å². The third kappa shape index (κ3) is 2.54. The molecule has 132 valence electrons. The molecule has 27 heavy (non-hydrogen) atoms. The molecule has 0 fully saturated rings. The van der Waals surface area contributed by atoms with E-state index in [4.69, 9.17) is 4.42 Å². The van der Waals surface area contributed by atoms with Gasteiger partial charge in [0, 0.05) is 11.5 Å². The molecule has 1 nitrogen and oxygen atoms in total. The maximum absolute atomic E-state index is 6.03. The number of allylic oxidation sites excluding steroid dienone is 1. The molecule has 1 atom stereocenters. The summed E-state index contributed by atoms with van der Waals surface area (Å²) in [5, 5.41) is 2.56. The Bertz CT molecular complexity index is 1210. The molecule has 0 radical (unpaired) electrons. The number of benzene rings is 3. The molecule has 1 heteroatoms. The van der Waals surface area contributed by atoms with Crippen molar-refractivity contribution < 1.29 is 4.42 Å². The zero-order valence-electron chi connectivity index (χ0n) is 15.9. The third-order valence-electron chi connectivity index (χ3n) is 5.79. The van der Waals surface area contributed by atoms with Crippen LogP contribution in [0.2, 0.25) is 0 Å². The number of hydrogen-bond acceptors (Lipinski definition) is 1. The summed E-state index contributed by atoms with van der Waals surface area (Å²) in [6.07, 6.45) is 4.61. The van der Waals surface area contributed by atoms with Crippen LogP contribution in [-0.2, 0) is 0 Å². The van der Waals surface area contributed by atoms with Crippen molar-refractivity contribution in [2.75, 3.05) is 0 Å². The van der Waals surface area contributed by atoms with Gasteiger partial charge in [-0.15, -0.1) is 0 Å². The first-order valence-corrected chi connectivity index (χ1v) is 9.49. The minimum Gasteiger partial charge on any atom is -0.461 e. The second-order valence-electron chi connectivity index (χ2n) is 7.56. The zero-order chi connectivity index (χ0) is 18.5. The van der Waals surface area contributed by atoms with E-state index in [1.807, 2.05) is 13.0 Å². The van der Waals surface area contributed by atoms with Gasteiger partial charge in [0.05, 0.1) is 0 Å². The van der Waals surface area contributed by atoms with Gasteiger partial charge in [-0.1, -0.05) is 60.7 Å². The van der Waals surface area contributed by atoms with Crippen LogP contribution in [-0.4, -0.2) is 0 Å². The minimum absolute atomic E-state index is 0.241. The summed E-state index contributed by atoms with van der Waals surface area (Å²) in [6.45, 7) is 6.39. The quantitative estimate of drug-likeness (QED) is 0.373. The fourth-order valence-corrected chi connectivity index (χ4v) is 4.25. The Balaban J connectivity index is 1.81. The van der Waals surface area contributed by atoms with Crippen LogP contribution in [0.4, 0.5) is 0 Å². The Morgan fingerprint density at radius 2 is 1.63 bits per heavy atom. The van der Waals surface area contributed by atoms with Gasteiger partial charge in [-0.2, -0.15) is 0 Å². The minimum atomic E-state index is 0.241.